The van der Waals surface area contributed by atoms with Crippen LogP contribution >= 0.6 is 0 Å². The Labute approximate surface area is 276 Å². The van der Waals surface area contributed by atoms with Gasteiger partial charge in [-0.3, -0.25) is 0 Å². The Kier molecular flexibility index (Phi) is 24.9. The van der Waals surface area contributed by atoms with E-state index in [0.717, 1.165) is 0 Å². The molecule has 0 aliphatic heterocycles. The highest BCUT2D eigenvalue weighted by molar-refractivity contribution is 6.91. The molecule has 256 valence electrons. The van der Waals surface area contributed by atoms with Gasteiger partial charge in [-0.25, -0.2) is 0 Å². The largest absolute Gasteiger partial charge is 0.391 e. The van der Waals surface area contributed by atoms with Gasteiger partial charge in [0, 0.05) is 9.82 Å². The van der Waals surface area contributed by atoms with Crippen LogP contribution in [0.5, 0.6) is 0 Å². The van der Waals surface area contributed by atoms with E-state index in [0.29, 0.717) is 59.7 Å². The van der Waals surface area contributed by atoms with E-state index in [1.165, 1.54) is 0 Å². The average Bonchev–Trinajstić information content (AvgIpc) is 2.95. The lowest BCUT2D eigenvalue weighted by atomic mass is 10.4. The number of ether oxygens (including phenoxy) is 3. The van der Waals surface area contributed by atoms with Gasteiger partial charge in [0.15, 0.2) is 0 Å². The molecule has 0 heterocycles. The maximum absolute atomic E-state index is 9.47. The molecule has 45 heavy (non-hydrogen) atoms. The van der Waals surface area contributed by atoms with Gasteiger partial charge in [-0.2, -0.15) is 0 Å². The highest BCUT2D eigenvalue weighted by Crippen LogP contribution is 2.41. The van der Waals surface area contributed by atoms with Crippen molar-refractivity contribution in [2.75, 3.05) is 46.1 Å². The molecule has 0 rings (SSSR count). The number of hydrogen-bond acceptors (Lipinski definition) is 6. The Morgan fingerprint density at radius 3 is 1.42 bits per heavy atom. The van der Waals surface area contributed by atoms with Crippen molar-refractivity contribution in [3.05, 3.63) is 33.5 Å². The Morgan fingerprint density at radius 2 is 1.07 bits per heavy atom. The van der Waals surface area contributed by atoms with E-state index in [2.05, 4.69) is 133 Å². The van der Waals surface area contributed by atoms with Crippen molar-refractivity contribution in [2.24, 2.45) is 10.2 Å². The van der Waals surface area contributed by atoms with Crippen molar-refractivity contribution >= 4 is 16.1 Å². The van der Waals surface area contributed by atoms with E-state index in [-0.39, 0.29) is 25.8 Å². The maximum Gasteiger partial charge on any atom is 0.146 e. The Hall–Kier alpha value is -2.25. The van der Waals surface area contributed by atoms with Crippen LogP contribution in [0, 0.1) is 22.9 Å². The van der Waals surface area contributed by atoms with Gasteiger partial charge in [-0.1, -0.05) is 111 Å². The lowest BCUT2D eigenvalue weighted by Crippen LogP contribution is -2.43. The first-order chi connectivity index (χ1) is 21.1. The molecule has 0 fully saturated rings. The third kappa shape index (κ3) is 16.2. The summed E-state index contributed by atoms with van der Waals surface area (Å²) < 4.78 is 16.5. The summed E-state index contributed by atoms with van der Waals surface area (Å²) in [5, 5.41) is 16.3. The molecule has 0 amide bonds. The SMILES string of the molecule is C=CCO[C@@H](CN=[N+]=[N-])COCC#C[Si](C(C)C)(C(C)C)C(C)C.CC(C)[Si](C#CCOC[C@@H](O)CN=[N+]=[N-])(C(C)C)C(C)C. The molecular formula is C33H62N6O4Si2. The second kappa shape index (κ2) is 24.9. The van der Waals surface area contributed by atoms with Crippen LogP contribution in [0.4, 0.5) is 0 Å². The molecule has 0 saturated heterocycles. The summed E-state index contributed by atoms with van der Waals surface area (Å²) in [4.78, 5) is 5.36. The predicted octanol–water partition coefficient (Wildman–Crippen LogP) is 9.00. The summed E-state index contributed by atoms with van der Waals surface area (Å²) in [6.45, 7) is 32.9. The minimum Gasteiger partial charge on any atom is -0.391 e. The van der Waals surface area contributed by atoms with E-state index in [4.69, 9.17) is 25.3 Å². The molecule has 0 aromatic carbocycles. The number of aliphatic hydroxyl groups is 1. The predicted molar refractivity (Wildman–Crippen MR) is 193 cm³/mol. The molecule has 0 aliphatic rings. The van der Waals surface area contributed by atoms with Crippen molar-refractivity contribution in [1.29, 1.82) is 0 Å². The molecule has 0 unspecified atom stereocenters. The lowest BCUT2D eigenvalue weighted by Gasteiger charge is -2.38. The van der Waals surface area contributed by atoms with Gasteiger partial charge in [0.25, 0.3) is 0 Å². The van der Waals surface area contributed by atoms with Crippen LogP contribution in [0.2, 0.25) is 33.2 Å². The third-order valence-electron chi connectivity index (χ3n) is 8.46. The Morgan fingerprint density at radius 1 is 0.689 bits per heavy atom. The van der Waals surface area contributed by atoms with Gasteiger partial charge in [0.05, 0.1) is 45.1 Å². The number of nitrogens with zero attached hydrogens (tertiary/aromatic N) is 6. The average molecular weight is 663 g/mol. The van der Waals surface area contributed by atoms with Crippen LogP contribution in [-0.4, -0.2) is 79.6 Å². The quantitative estimate of drug-likeness (QED) is 0.0280. The topological polar surface area (TPSA) is 145 Å². The first kappa shape index (κ1) is 44.9. The molecule has 0 aliphatic carbocycles. The first-order valence-corrected chi connectivity index (χ1v) is 20.7. The van der Waals surface area contributed by atoms with Crippen LogP contribution in [-0.2, 0) is 14.2 Å². The summed E-state index contributed by atoms with van der Waals surface area (Å²) in [6.07, 6.45) is 0.643. The molecule has 0 bridgehead atoms. The van der Waals surface area contributed by atoms with Gasteiger partial charge >= 0.3 is 0 Å². The molecule has 0 aromatic heterocycles. The zero-order valence-corrected chi connectivity index (χ0v) is 32.2. The van der Waals surface area contributed by atoms with Crippen molar-refractivity contribution in [3.8, 4) is 22.9 Å². The monoisotopic (exact) mass is 662 g/mol. The van der Waals surface area contributed by atoms with Crippen LogP contribution in [0.25, 0.3) is 20.9 Å². The zero-order chi connectivity index (χ0) is 35.1. The number of aliphatic hydroxyl groups excluding tert-OH is 1. The van der Waals surface area contributed by atoms with E-state index in [9.17, 15) is 5.11 Å². The Balaban J connectivity index is 0. The van der Waals surface area contributed by atoms with Gasteiger partial charge in [-0.05, 0) is 44.3 Å². The minimum atomic E-state index is -1.70. The molecule has 12 heteroatoms. The normalized spacial score (nSPS) is 12.9. The summed E-state index contributed by atoms with van der Waals surface area (Å²) >= 11 is 0. The van der Waals surface area contributed by atoms with E-state index in [1.54, 1.807) is 6.08 Å². The Bertz CT molecular complexity index is 1000. The fourth-order valence-electron chi connectivity index (χ4n) is 6.40. The molecule has 10 nitrogen and oxygen atoms in total. The van der Waals surface area contributed by atoms with Crippen molar-refractivity contribution in [1.82, 2.24) is 0 Å². The standard InChI is InChI=1S/C18H33N3O2Si.C15H29N3O2Si/c1-8-10-23-18(13-20-21-19)14-22-11-9-12-24(15(2)3,16(4)5)17(6)7;1-12(2)21(13(3)4,14(5)6)9-7-8-20-11-15(19)10-17-18-16/h8,15-18H,1,10-11,13-14H2,2-7H3;12-15,19H,8,10-11H2,1-6H3/t18-;15-/m00/s1. The second-order valence-electron chi connectivity index (χ2n) is 13.2. The van der Waals surface area contributed by atoms with Crippen LogP contribution in [0.15, 0.2) is 22.9 Å². The van der Waals surface area contributed by atoms with Gasteiger partial charge < -0.3 is 19.3 Å². The molecule has 0 spiro atoms. The summed E-state index contributed by atoms with van der Waals surface area (Å²) in [5.41, 5.74) is 27.4. The summed E-state index contributed by atoms with van der Waals surface area (Å²) in [6, 6.07) is 0. The van der Waals surface area contributed by atoms with Gasteiger partial charge in [0.1, 0.15) is 29.4 Å². The molecular weight excluding hydrogens is 601 g/mol. The van der Waals surface area contributed by atoms with Crippen LogP contribution in [0.1, 0.15) is 83.1 Å². The van der Waals surface area contributed by atoms with Crippen LogP contribution < -0.4 is 0 Å². The van der Waals surface area contributed by atoms with Gasteiger partial charge in [0.2, 0.25) is 0 Å². The number of hydrogen-bond donors (Lipinski definition) is 1. The third-order valence-corrected chi connectivity index (χ3v) is 21.1. The fourth-order valence-corrected chi connectivity index (χ4v) is 16.9. The van der Waals surface area contributed by atoms with Crippen LogP contribution in [0.3, 0.4) is 0 Å². The molecule has 0 radical (unpaired) electrons. The smallest absolute Gasteiger partial charge is 0.146 e. The minimum absolute atomic E-state index is 0.0343. The summed E-state index contributed by atoms with van der Waals surface area (Å²) in [5.74, 6) is 6.40. The lowest BCUT2D eigenvalue weighted by molar-refractivity contribution is 0.00876. The molecule has 2 atom stereocenters. The highest BCUT2D eigenvalue weighted by atomic mass is 28.3. The molecule has 1 N–H and O–H groups in total. The van der Waals surface area contributed by atoms with Crippen molar-refractivity contribution < 1.29 is 19.3 Å². The first-order valence-electron chi connectivity index (χ1n) is 16.2. The summed E-state index contributed by atoms with van der Waals surface area (Å²) in [7, 11) is -3.39. The van der Waals surface area contributed by atoms with Crippen molar-refractivity contribution in [3.63, 3.8) is 0 Å². The van der Waals surface area contributed by atoms with E-state index >= 15 is 0 Å². The molecule has 0 aromatic rings. The van der Waals surface area contributed by atoms with E-state index < -0.39 is 22.3 Å². The van der Waals surface area contributed by atoms with Gasteiger partial charge in [-0.15, -0.1) is 17.7 Å². The molecule has 0 saturated carbocycles. The maximum atomic E-state index is 9.47. The zero-order valence-electron chi connectivity index (χ0n) is 30.2. The van der Waals surface area contributed by atoms with E-state index in [1.807, 2.05) is 0 Å². The number of rotatable bonds is 19. The highest BCUT2D eigenvalue weighted by Gasteiger charge is 2.42. The van der Waals surface area contributed by atoms with Crippen molar-refractivity contribution in [2.45, 2.75) is 129 Å². The number of azide groups is 2. The second-order valence-corrected chi connectivity index (χ2v) is 24.3. The fraction of sp³-hybridized carbons (Fsp3) is 0.818.